The normalized spacial score (nSPS) is 22.0. The SMILES string of the molecule is CCc1ccc([C@H]2[C@@H]3C(=O)N(c4ccccc4)C(=O)[C@H]3ON2c2cccc([N+](=O)[O-])c2)cc1. The topological polar surface area (TPSA) is 93.0 Å². The van der Waals surface area contributed by atoms with Gasteiger partial charge in [0.25, 0.3) is 11.6 Å². The minimum atomic E-state index is -1.02. The second kappa shape index (κ2) is 8.14. The van der Waals surface area contributed by atoms with Crippen LogP contribution in [0.4, 0.5) is 17.1 Å². The fourth-order valence-corrected chi connectivity index (χ4v) is 4.50. The molecule has 2 fully saturated rings. The first-order valence-corrected chi connectivity index (χ1v) is 10.7. The molecule has 2 saturated heterocycles. The smallest absolute Gasteiger partial charge is 0.271 e. The van der Waals surface area contributed by atoms with Crippen molar-refractivity contribution in [1.82, 2.24) is 0 Å². The summed E-state index contributed by atoms with van der Waals surface area (Å²) >= 11 is 0. The number of non-ortho nitro benzene ring substituents is 1. The third-order valence-electron chi connectivity index (χ3n) is 6.15. The number of hydrogen-bond donors (Lipinski definition) is 0. The number of anilines is 2. The maximum Gasteiger partial charge on any atom is 0.271 e. The molecule has 0 bridgehead atoms. The molecule has 5 rings (SSSR count). The van der Waals surface area contributed by atoms with Crippen LogP contribution in [0, 0.1) is 16.0 Å². The molecule has 0 saturated carbocycles. The van der Waals surface area contributed by atoms with Gasteiger partial charge in [-0.05, 0) is 35.7 Å². The first-order chi connectivity index (χ1) is 16.0. The molecule has 33 heavy (non-hydrogen) atoms. The highest BCUT2D eigenvalue weighted by Crippen LogP contribution is 2.48. The summed E-state index contributed by atoms with van der Waals surface area (Å²) in [5, 5.41) is 12.8. The third-order valence-corrected chi connectivity index (χ3v) is 6.15. The van der Waals surface area contributed by atoms with Crippen LogP contribution < -0.4 is 9.96 Å². The Hall–Kier alpha value is -4.04. The molecule has 0 aliphatic carbocycles. The van der Waals surface area contributed by atoms with Gasteiger partial charge in [-0.2, -0.15) is 0 Å². The molecule has 8 nitrogen and oxygen atoms in total. The Balaban J connectivity index is 1.59. The maximum atomic E-state index is 13.5. The summed E-state index contributed by atoms with van der Waals surface area (Å²) in [5.41, 5.74) is 2.73. The van der Waals surface area contributed by atoms with E-state index in [1.807, 2.05) is 30.3 Å². The number of nitrogens with zero attached hydrogens (tertiary/aromatic N) is 3. The van der Waals surface area contributed by atoms with E-state index in [1.54, 1.807) is 36.4 Å². The number of carbonyl (C=O) groups excluding carboxylic acids is 2. The number of hydrogen-bond acceptors (Lipinski definition) is 6. The molecule has 0 radical (unpaired) electrons. The van der Waals surface area contributed by atoms with Crippen molar-refractivity contribution in [3.8, 4) is 0 Å². The van der Waals surface area contributed by atoms with Gasteiger partial charge in [-0.3, -0.25) is 24.5 Å². The number of nitro benzene ring substituents is 1. The summed E-state index contributed by atoms with van der Waals surface area (Å²) in [6.45, 7) is 2.05. The summed E-state index contributed by atoms with van der Waals surface area (Å²) in [6.07, 6.45) is -0.158. The van der Waals surface area contributed by atoms with Gasteiger partial charge in [-0.1, -0.05) is 55.5 Å². The average molecular weight is 443 g/mol. The van der Waals surface area contributed by atoms with E-state index in [-0.39, 0.29) is 11.6 Å². The molecule has 0 spiro atoms. The van der Waals surface area contributed by atoms with Gasteiger partial charge in [0.2, 0.25) is 5.91 Å². The molecule has 0 N–H and O–H groups in total. The predicted molar refractivity (Wildman–Crippen MR) is 121 cm³/mol. The van der Waals surface area contributed by atoms with Crippen LogP contribution in [0.15, 0.2) is 78.9 Å². The Morgan fingerprint density at radius 3 is 2.27 bits per heavy atom. The third kappa shape index (κ3) is 3.44. The molecule has 2 aliphatic rings. The van der Waals surface area contributed by atoms with E-state index in [9.17, 15) is 19.7 Å². The average Bonchev–Trinajstić information content (AvgIpc) is 3.35. The molecular weight excluding hydrogens is 422 g/mol. The van der Waals surface area contributed by atoms with Crippen molar-refractivity contribution >= 4 is 28.9 Å². The van der Waals surface area contributed by atoms with E-state index in [4.69, 9.17) is 4.84 Å². The minimum Gasteiger partial charge on any atom is -0.273 e. The van der Waals surface area contributed by atoms with Crippen LogP contribution in [0.25, 0.3) is 0 Å². The number of benzene rings is 3. The van der Waals surface area contributed by atoms with Crippen LogP contribution in [-0.2, 0) is 20.8 Å². The minimum absolute atomic E-state index is 0.100. The summed E-state index contributed by atoms with van der Waals surface area (Å²) in [4.78, 5) is 44.9. The number of nitro groups is 1. The molecule has 0 aromatic heterocycles. The Labute approximate surface area is 190 Å². The lowest BCUT2D eigenvalue weighted by Crippen LogP contribution is -2.37. The standard InChI is InChI=1S/C25H21N3O5/c1-2-16-11-13-17(14-12-16)22-21-23(25(30)26(24(21)29)18-7-4-3-5-8-18)33-27(22)19-9-6-10-20(15-19)28(31)32/h3-15,21-23H,2H2,1H3/t21-,22-,23-/m0/s1. The van der Waals surface area contributed by atoms with Gasteiger partial charge in [-0.15, -0.1) is 0 Å². The van der Waals surface area contributed by atoms with Gasteiger partial charge in [0.1, 0.15) is 5.92 Å². The quantitative estimate of drug-likeness (QED) is 0.333. The van der Waals surface area contributed by atoms with E-state index in [0.717, 1.165) is 17.5 Å². The van der Waals surface area contributed by atoms with Crippen molar-refractivity contribution in [2.45, 2.75) is 25.5 Å². The van der Waals surface area contributed by atoms with Crippen LogP contribution >= 0.6 is 0 Å². The van der Waals surface area contributed by atoms with Crippen molar-refractivity contribution in [2.24, 2.45) is 5.92 Å². The van der Waals surface area contributed by atoms with Crippen LogP contribution in [0.3, 0.4) is 0 Å². The van der Waals surface area contributed by atoms with Gasteiger partial charge in [0.15, 0.2) is 6.10 Å². The van der Waals surface area contributed by atoms with E-state index in [0.29, 0.717) is 11.4 Å². The monoisotopic (exact) mass is 443 g/mol. The number of hydroxylamine groups is 1. The van der Waals surface area contributed by atoms with E-state index in [1.165, 1.54) is 22.1 Å². The fraction of sp³-hybridized carbons (Fsp3) is 0.200. The highest BCUT2D eigenvalue weighted by molar-refractivity contribution is 6.23. The summed E-state index contributed by atoms with van der Waals surface area (Å²) < 4.78 is 0. The van der Waals surface area contributed by atoms with Gasteiger partial charge in [0, 0.05) is 12.1 Å². The van der Waals surface area contributed by atoms with Crippen LogP contribution in [0.2, 0.25) is 0 Å². The molecule has 3 atom stereocenters. The van der Waals surface area contributed by atoms with Gasteiger partial charge >= 0.3 is 0 Å². The lowest BCUT2D eigenvalue weighted by atomic mass is 9.90. The van der Waals surface area contributed by atoms with E-state index < -0.39 is 28.9 Å². The van der Waals surface area contributed by atoms with E-state index in [2.05, 4.69) is 6.92 Å². The van der Waals surface area contributed by atoms with Gasteiger partial charge in [-0.25, -0.2) is 9.96 Å². The Kier molecular flexibility index (Phi) is 5.14. The zero-order valence-electron chi connectivity index (χ0n) is 17.8. The number of rotatable bonds is 5. The van der Waals surface area contributed by atoms with E-state index >= 15 is 0 Å². The highest BCUT2D eigenvalue weighted by atomic mass is 16.7. The lowest BCUT2D eigenvalue weighted by Gasteiger charge is -2.28. The number of amides is 2. The molecule has 0 unspecified atom stereocenters. The second-order valence-corrected chi connectivity index (χ2v) is 8.04. The van der Waals surface area contributed by atoms with Crippen molar-refractivity contribution in [2.75, 3.05) is 9.96 Å². The van der Waals surface area contributed by atoms with Crippen LogP contribution in [-0.4, -0.2) is 22.8 Å². The predicted octanol–water partition coefficient (Wildman–Crippen LogP) is 4.21. The zero-order valence-corrected chi connectivity index (χ0v) is 17.8. The molecule has 2 heterocycles. The largest absolute Gasteiger partial charge is 0.273 e. The van der Waals surface area contributed by atoms with Crippen LogP contribution in [0.5, 0.6) is 0 Å². The van der Waals surface area contributed by atoms with Gasteiger partial charge in [0.05, 0.1) is 22.3 Å². The number of carbonyl (C=O) groups is 2. The zero-order chi connectivity index (χ0) is 23.1. The van der Waals surface area contributed by atoms with Crippen LogP contribution in [0.1, 0.15) is 24.1 Å². The van der Waals surface area contributed by atoms with Crippen molar-refractivity contribution in [3.05, 3.63) is 100 Å². The summed E-state index contributed by atoms with van der Waals surface area (Å²) in [6, 6.07) is 21.9. The van der Waals surface area contributed by atoms with Crippen molar-refractivity contribution in [3.63, 3.8) is 0 Å². The van der Waals surface area contributed by atoms with Crippen molar-refractivity contribution < 1.29 is 19.3 Å². The molecule has 2 amide bonds. The molecule has 8 heteroatoms. The lowest BCUT2D eigenvalue weighted by molar-refractivity contribution is -0.384. The first-order valence-electron chi connectivity index (χ1n) is 10.7. The Bertz CT molecular complexity index is 1230. The number of imide groups is 1. The molecular formula is C25H21N3O5. The van der Waals surface area contributed by atoms with Gasteiger partial charge < -0.3 is 0 Å². The molecule has 3 aromatic carbocycles. The summed E-state index contributed by atoms with van der Waals surface area (Å²) in [5.74, 6) is -1.59. The molecule has 166 valence electrons. The molecule has 3 aromatic rings. The Morgan fingerprint density at radius 2 is 1.61 bits per heavy atom. The molecule has 2 aliphatic heterocycles. The fourth-order valence-electron chi connectivity index (χ4n) is 4.50. The maximum absolute atomic E-state index is 13.5. The second-order valence-electron chi connectivity index (χ2n) is 8.04. The number of aryl methyl sites for hydroxylation is 1. The summed E-state index contributed by atoms with van der Waals surface area (Å²) in [7, 11) is 0. The first kappa shape index (κ1) is 20.8. The highest BCUT2D eigenvalue weighted by Gasteiger charge is 2.60. The number of fused-ring (bicyclic) bond motifs is 1. The van der Waals surface area contributed by atoms with Crippen molar-refractivity contribution in [1.29, 1.82) is 0 Å². The Morgan fingerprint density at radius 1 is 0.909 bits per heavy atom. The number of para-hydroxylation sites is 1.